The first kappa shape index (κ1) is 14.3. The van der Waals surface area contributed by atoms with Gasteiger partial charge in [0.15, 0.2) is 0 Å². The maximum Gasteiger partial charge on any atom is 0.0879 e. The van der Waals surface area contributed by atoms with Gasteiger partial charge in [-0.2, -0.15) is 0 Å². The predicted molar refractivity (Wildman–Crippen MR) is 83.1 cm³/mol. The van der Waals surface area contributed by atoms with E-state index >= 15 is 0 Å². The monoisotopic (exact) mass is 318 g/mol. The van der Waals surface area contributed by atoms with E-state index in [1.807, 2.05) is 37.3 Å². The molecule has 2 rings (SSSR count). The molecule has 1 nitrogen and oxygen atoms in total. The van der Waals surface area contributed by atoms with Gasteiger partial charge in [-0.1, -0.05) is 64.5 Å². The third kappa shape index (κ3) is 3.92. The highest BCUT2D eigenvalue weighted by Crippen LogP contribution is 2.32. The van der Waals surface area contributed by atoms with E-state index in [0.29, 0.717) is 0 Å². The minimum absolute atomic E-state index is 0.754. The van der Waals surface area contributed by atoms with Crippen molar-refractivity contribution in [3.05, 3.63) is 70.2 Å². The molecule has 100 valence electrons. The lowest BCUT2D eigenvalue weighted by atomic mass is 9.90. The van der Waals surface area contributed by atoms with E-state index in [1.165, 1.54) is 5.56 Å². The smallest absolute Gasteiger partial charge is 0.0879 e. The molecule has 0 amide bonds. The Morgan fingerprint density at radius 1 is 1.00 bits per heavy atom. The SMILES string of the molecule is CC(O)(CCCc1ccccc1)c1ccccc1Br. The van der Waals surface area contributed by atoms with Crippen molar-refractivity contribution >= 4 is 15.9 Å². The number of hydrogen-bond donors (Lipinski definition) is 1. The van der Waals surface area contributed by atoms with Crippen LogP contribution in [0.2, 0.25) is 0 Å². The molecular formula is C17H19BrO. The van der Waals surface area contributed by atoms with Crippen molar-refractivity contribution in [2.75, 3.05) is 0 Å². The van der Waals surface area contributed by atoms with Gasteiger partial charge in [0.2, 0.25) is 0 Å². The van der Waals surface area contributed by atoms with Gasteiger partial charge in [-0.15, -0.1) is 0 Å². The fourth-order valence-corrected chi connectivity index (χ4v) is 3.03. The van der Waals surface area contributed by atoms with Crippen LogP contribution in [0.3, 0.4) is 0 Å². The highest BCUT2D eigenvalue weighted by molar-refractivity contribution is 9.10. The van der Waals surface area contributed by atoms with Gasteiger partial charge in [0.05, 0.1) is 5.60 Å². The Bertz CT molecular complexity index is 520. The van der Waals surface area contributed by atoms with E-state index in [-0.39, 0.29) is 0 Å². The second-order valence-corrected chi connectivity index (χ2v) is 5.95. The quantitative estimate of drug-likeness (QED) is 0.848. The van der Waals surface area contributed by atoms with Crippen molar-refractivity contribution in [2.45, 2.75) is 31.8 Å². The molecule has 0 heterocycles. The van der Waals surface area contributed by atoms with Crippen LogP contribution in [0.25, 0.3) is 0 Å². The van der Waals surface area contributed by atoms with Crippen LogP contribution in [-0.4, -0.2) is 5.11 Å². The van der Waals surface area contributed by atoms with Crippen LogP contribution in [0.4, 0.5) is 0 Å². The lowest BCUT2D eigenvalue weighted by Gasteiger charge is -2.25. The van der Waals surface area contributed by atoms with Crippen molar-refractivity contribution in [3.8, 4) is 0 Å². The van der Waals surface area contributed by atoms with Crippen molar-refractivity contribution in [3.63, 3.8) is 0 Å². The average Bonchev–Trinajstić information content (AvgIpc) is 2.40. The Morgan fingerprint density at radius 3 is 2.32 bits per heavy atom. The van der Waals surface area contributed by atoms with Gasteiger partial charge in [-0.3, -0.25) is 0 Å². The Kier molecular flexibility index (Phi) is 4.78. The molecule has 0 fully saturated rings. The summed E-state index contributed by atoms with van der Waals surface area (Å²) in [5.41, 5.74) is 1.50. The molecule has 0 saturated heterocycles. The lowest BCUT2D eigenvalue weighted by Crippen LogP contribution is -2.21. The molecule has 0 saturated carbocycles. The zero-order chi connectivity index (χ0) is 13.7. The average molecular weight is 319 g/mol. The van der Waals surface area contributed by atoms with E-state index in [4.69, 9.17) is 0 Å². The Morgan fingerprint density at radius 2 is 1.63 bits per heavy atom. The Balaban J connectivity index is 1.97. The predicted octanol–water partition coefficient (Wildman–Crippen LogP) is 4.68. The van der Waals surface area contributed by atoms with Gasteiger partial charge < -0.3 is 5.11 Å². The number of rotatable bonds is 5. The molecule has 0 aliphatic rings. The van der Waals surface area contributed by atoms with Crippen LogP contribution in [-0.2, 0) is 12.0 Å². The Hall–Kier alpha value is -1.12. The van der Waals surface area contributed by atoms with Gasteiger partial charge in [-0.05, 0) is 43.4 Å². The second kappa shape index (κ2) is 6.36. The minimum atomic E-state index is -0.783. The Labute approximate surface area is 123 Å². The molecule has 0 aliphatic heterocycles. The summed E-state index contributed by atoms with van der Waals surface area (Å²) in [5, 5.41) is 10.6. The van der Waals surface area contributed by atoms with Crippen molar-refractivity contribution in [1.82, 2.24) is 0 Å². The minimum Gasteiger partial charge on any atom is -0.385 e. The molecule has 19 heavy (non-hydrogen) atoms. The van der Waals surface area contributed by atoms with E-state index in [9.17, 15) is 5.11 Å². The lowest BCUT2D eigenvalue weighted by molar-refractivity contribution is 0.0449. The fraction of sp³-hybridized carbons (Fsp3) is 0.294. The number of benzene rings is 2. The summed E-state index contributed by atoms with van der Waals surface area (Å²) in [6.07, 6.45) is 2.73. The number of aryl methyl sites for hydroxylation is 1. The van der Waals surface area contributed by atoms with Gasteiger partial charge in [0, 0.05) is 4.47 Å². The summed E-state index contributed by atoms with van der Waals surface area (Å²) in [5.74, 6) is 0. The maximum atomic E-state index is 10.6. The largest absolute Gasteiger partial charge is 0.385 e. The zero-order valence-electron chi connectivity index (χ0n) is 11.1. The van der Waals surface area contributed by atoms with Crippen LogP contribution in [0.15, 0.2) is 59.1 Å². The summed E-state index contributed by atoms with van der Waals surface area (Å²) < 4.78 is 0.972. The van der Waals surface area contributed by atoms with E-state index in [2.05, 4.69) is 40.2 Å². The van der Waals surface area contributed by atoms with Gasteiger partial charge in [0.1, 0.15) is 0 Å². The number of hydrogen-bond acceptors (Lipinski definition) is 1. The number of aliphatic hydroxyl groups is 1. The molecule has 1 unspecified atom stereocenters. The molecule has 0 radical (unpaired) electrons. The first-order valence-electron chi connectivity index (χ1n) is 6.61. The summed E-state index contributed by atoms with van der Waals surface area (Å²) in [6.45, 7) is 1.89. The molecule has 1 atom stereocenters. The molecule has 0 spiro atoms. The molecule has 1 N–H and O–H groups in total. The van der Waals surface area contributed by atoms with Crippen LogP contribution < -0.4 is 0 Å². The number of halogens is 1. The van der Waals surface area contributed by atoms with Crippen LogP contribution in [0.1, 0.15) is 30.9 Å². The molecular weight excluding hydrogens is 300 g/mol. The molecule has 0 aromatic heterocycles. The molecule has 2 aromatic carbocycles. The molecule has 2 aromatic rings. The normalized spacial score (nSPS) is 14.1. The maximum absolute atomic E-state index is 10.6. The summed E-state index contributed by atoms with van der Waals surface area (Å²) in [4.78, 5) is 0. The van der Waals surface area contributed by atoms with Crippen molar-refractivity contribution in [1.29, 1.82) is 0 Å². The zero-order valence-corrected chi connectivity index (χ0v) is 12.7. The highest BCUT2D eigenvalue weighted by Gasteiger charge is 2.24. The summed E-state index contributed by atoms with van der Waals surface area (Å²) in [6, 6.07) is 18.3. The van der Waals surface area contributed by atoms with Crippen LogP contribution in [0.5, 0.6) is 0 Å². The van der Waals surface area contributed by atoms with Gasteiger partial charge in [-0.25, -0.2) is 0 Å². The fourth-order valence-electron chi connectivity index (χ4n) is 2.31. The van der Waals surface area contributed by atoms with Crippen LogP contribution in [0, 0.1) is 0 Å². The van der Waals surface area contributed by atoms with Gasteiger partial charge >= 0.3 is 0 Å². The first-order valence-corrected chi connectivity index (χ1v) is 7.40. The van der Waals surface area contributed by atoms with E-state index in [1.54, 1.807) is 0 Å². The standard InChI is InChI=1S/C17H19BrO/c1-17(19,15-11-5-6-12-16(15)18)13-7-10-14-8-3-2-4-9-14/h2-6,8-9,11-12,19H,7,10,13H2,1H3. The summed E-state index contributed by atoms with van der Waals surface area (Å²) >= 11 is 3.51. The second-order valence-electron chi connectivity index (χ2n) is 5.09. The van der Waals surface area contributed by atoms with Crippen LogP contribution >= 0.6 is 15.9 Å². The highest BCUT2D eigenvalue weighted by atomic mass is 79.9. The summed E-state index contributed by atoms with van der Waals surface area (Å²) in [7, 11) is 0. The topological polar surface area (TPSA) is 20.2 Å². The molecule has 2 heteroatoms. The van der Waals surface area contributed by atoms with Crippen molar-refractivity contribution < 1.29 is 5.11 Å². The third-order valence-electron chi connectivity index (χ3n) is 3.43. The molecule has 0 aliphatic carbocycles. The van der Waals surface area contributed by atoms with Crippen molar-refractivity contribution in [2.24, 2.45) is 0 Å². The van der Waals surface area contributed by atoms with Gasteiger partial charge in [0.25, 0.3) is 0 Å². The first-order chi connectivity index (χ1) is 9.09. The van der Waals surface area contributed by atoms with E-state index in [0.717, 1.165) is 29.3 Å². The van der Waals surface area contributed by atoms with E-state index < -0.39 is 5.60 Å². The third-order valence-corrected chi connectivity index (χ3v) is 4.12. The molecule has 0 bridgehead atoms.